The molecule has 1 atom stereocenters. The van der Waals surface area contributed by atoms with Crippen molar-refractivity contribution >= 4 is 17.7 Å². The molecule has 0 saturated carbocycles. The highest BCUT2D eigenvalue weighted by Crippen LogP contribution is 2.11. The monoisotopic (exact) mass is 229 g/mol. The lowest BCUT2D eigenvalue weighted by atomic mass is 9.99. The Kier molecular flexibility index (Phi) is 6.91. The second-order valence-electron chi connectivity index (χ2n) is 3.56. The van der Waals surface area contributed by atoms with Gasteiger partial charge in [-0.15, -0.1) is 0 Å². The van der Waals surface area contributed by atoms with Gasteiger partial charge in [0.2, 0.25) is 5.91 Å². The molecule has 0 aliphatic rings. The maximum atomic E-state index is 11.5. The van der Waals surface area contributed by atoms with Gasteiger partial charge in [-0.05, 0) is 12.8 Å². The quantitative estimate of drug-likeness (QED) is 0.451. The first kappa shape index (κ1) is 14.4. The standard InChI is InChI=1S/C10H19N3O3/c1-3-5-6-7(4-2)9(15)12-13-10(16)8(11)14/h7H,3-6H2,1-2H3,(H2,11,14)(H,12,15)(H,13,16). The summed E-state index contributed by atoms with van der Waals surface area (Å²) in [7, 11) is 0. The molecule has 1 unspecified atom stereocenters. The van der Waals surface area contributed by atoms with E-state index in [1.165, 1.54) is 0 Å². The van der Waals surface area contributed by atoms with Gasteiger partial charge >= 0.3 is 11.8 Å². The number of nitrogens with two attached hydrogens (primary N) is 1. The second-order valence-corrected chi connectivity index (χ2v) is 3.56. The van der Waals surface area contributed by atoms with Crippen LogP contribution in [0.4, 0.5) is 0 Å². The molecule has 3 amide bonds. The molecule has 6 heteroatoms. The van der Waals surface area contributed by atoms with Gasteiger partial charge in [0.05, 0.1) is 0 Å². The van der Waals surface area contributed by atoms with Gasteiger partial charge in [-0.2, -0.15) is 0 Å². The van der Waals surface area contributed by atoms with Gasteiger partial charge in [0.25, 0.3) is 0 Å². The zero-order valence-electron chi connectivity index (χ0n) is 9.71. The van der Waals surface area contributed by atoms with Crippen LogP contribution in [0.3, 0.4) is 0 Å². The van der Waals surface area contributed by atoms with Gasteiger partial charge in [-0.25, -0.2) is 0 Å². The van der Waals surface area contributed by atoms with E-state index in [0.29, 0.717) is 6.42 Å². The van der Waals surface area contributed by atoms with Crippen LogP contribution in [-0.4, -0.2) is 17.7 Å². The molecule has 0 radical (unpaired) electrons. The number of amides is 3. The topological polar surface area (TPSA) is 101 Å². The van der Waals surface area contributed by atoms with Crippen LogP contribution in [0.5, 0.6) is 0 Å². The molecule has 0 aromatic heterocycles. The maximum Gasteiger partial charge on any atom is 0.327 e. The molecule has 0 aromatic rings. The zero-order valence-corrected chi connectivity index (χ0v) is 9.71. The Bertz CT molecular complexity index is 266. The van der Waals surface area contributed by atoms with E-state index in [4.69, 9.17) is 5.73 Å². The molecule has 6 nitrogen and oxygen atoms in total. The highest BCUT2D eigenvalue weighted by atomic mass is 16.2. The third-order valence-electron chi connectivity index (χ3n) is 2.29. The minimum atomic E-state index is -1.12. The lowest BCUT2D eigenvalue weighted by molar-refractivity contribution is -0.139. The summed E-state index contributed by atoms with van der Waals surface area (Å²) in [4.78, 5) is 32.7. The Hall–Kier alpha value is -1.59. The summed E-state index contributed by atoms with van der Waals surface area (Å²) >= 11 is 0. The fourth-order valence-electron chi connectivity index (χ4n) is 1.25. The van der Waals surface area contributed by atoms with Gasteiger partial charge in [0.15, 0.2) is 0 Å². The van der Waals surface area contributed by atoms with Crippen LogP contribution in [0.15, 0.2) is 0 Å². The first-order chi connectivity index (χ1) is 7.52. The average Bonchev–Trinajstić information content (AvgIpc) is 2.26. The fraction of sp³-hybridized carbons (Fsp3) is 0.700. The number of carbonyl (C=O) groups is 3. The molecule has 0 fully saturated rings. The summed E-state index contributed by atoms with van der Waals surface area (Å²) < 4.78 is 0. The Labute approximate surface area is 94.9 Å². The lowest BCUT2D eigenvalue weighted by Gasteiger charge is -2.14. The van der Waals surface area contributed by atoms with Gasteiger partial charge in [-0.1, -0.05) is 26.7 Å². The Morgan fingerprint density at radius 1 is 1.19 bits per heavy atom. The van der Waals surface area contributed by atoms with Gasteiger partial charge in [0, 0.05) is 5.92 Å². The van der Waals surface area contributed by atoms with Crippen molar-refractivity contribution in [3.63, 3.8) is 0 Å². The van der Waals surface area contributed by atoms with Crippen molar-refractivity contribution in [1.29, 1.82) is 0 Å². The van der Waals surface area contributed by atoms with Crippen LogP contribution in [-0.2, 0) is 14.4 Å². The number of hydrazine groups is 1. The van der Waals surface area contributed by atoms with Crippen molar-refractivity contribution < 1.29 is 14.4 Å². The number of nitrogens with one attached hydrogen (secondary N) is 2. The van der Waals surface area contributed by atoms with Crippen molar-refractivity contribution in [2.45, 2.75) is 39.5 Å². The highest BCUT2D eigenvalue weighted by molar-refractivity contribution is 6.34. The van der Waals surface area contributed by atoms with Crippen molar-refractivity contribution in [2.75, 3.05) is 0 Å². The molecule has 0 aromatic carbocycles. The number of primary amides is 1. The van der Waals surface area contributed by atoms with E-state index in [1.807, 2.05) is 19.3 Å². The van der Waals surface area contributed by atoms with E-state index in [9.17, 15) is 14.4 Å². The van der Waals surface area contributed by atoms with Crippen LogP contribution >= 0.6 is 0 Å². The van der Waals surface area contributed by atoms with Crippen LogP contribution in [0.2, 0.25) is 0 Å². The average molecular weight is 229 g/mol. The summed E-state index contributed by atoms with van der Waals surface area (Å²) in [6.07, 6.45) is 3.43. The number of rotatable bonds is 5. The first-order valence-electron chi connectivity index (χ1n) is 5.42. The second kappa shape index (κ2) is 7.67. The zero-order chi connectivity index (χ0) is 12.6. The van der Waals surface area contributed by atoms with Crippen LogP contribution in [0, 0.1) is 5.92 Å². The number of unbranched alkanes of at least 4 members (excludes halogenated alkanes) is 1. The third-order valence-corrected chi connectivity index (χ3v) is 2.29. The SMILES string of the molecule is CCCCC(CC)C(=O)NNC(=O)C(N)=O. The van der Waals surface area contributed by atoms with Gasteiger partial charge in [0.1, 0.15) is 0 Å². The molecule has 0 aliphatic carbocycles. The van der Waals surface area contributed by atoms with Crippen LogP contribution < -0.4 is 16.6 Å². The van der Waals surface area contributed by atoms with Crippen LogP contribution in [0.25, 0.3) is 0 Å². The normalized spacial score (nSPS) is 11.6. The molecule has 4 N–H and O–H groups in total. The van der Waals surface area contributed by atoms with E-state index in [-0.39, 0.29) is 11.8 Å². The van der Waals surface area contributed by atoms with E-state index in [2.05, 4.69) is 5.43 Å². The Morgan fingerprint density at radius 3 is 2.25 bits per heavy atom. The minimum Gasteiger partial charge on any atom is -0.361 e. The molecule has 0 heterocycles. The Morgan fingerprint density at radius 2 is 1.81 bits per heavy atom. The van der Waals surface area contributed by atoms with E-state index in [0.717, 1.165) is 19.3 Å². The largest absolute Gasteiger partial charge is 0.361 e. The summed E-state index contributed by atoms with van der Waals surface area (Å²) in [5.41, 5.74) is 8.85. The molecular weight excluding hydrogens is 210 g/mol. The van der Waals surface area contributed by atoms with Gasteiger partial charge in [-0.3, -0.25) is 25.2 Å². The summed E-state index contributed by atoms with van der Waals surface area (Å²) in [6.45, 7) is 3.94. The predicted octanol–water partition coefficient (Wildman–Crippen LogP) is -0.164. The molecule has 16 heavy (non-hydrogen) atoms. The van der Waals surface area contributed by atoms with Crippen molar-refractivity contribution in [3.05, 3.63) is 0 Å². The summed E-state index contributed by atoms with van der Waals surface area (Å²) in [5, 5.41) is 0. The van der Waals surface area contributed by atoms with E-state index < -0.39 is 11.8 Å². The number of hydrogen-bond donors (Lipinski definition) is 3. The van der Waals surface area contributed by atoms with Crippen molar-refractivity contribution in [2.24, 2.45) is 11.7 Å². The lowest BCUT2D eigenvalue weighted by Crippen LogP contribution is -2.48. The smallest absolute Gasteiger partial charge is 0.327 e. The van der Waals surface area contributed by atoms with E-state index in [1.54, 1.807) is 0 Å². The first-order valence-corrected chi connectivity index (χ1v) is 5.42. The van der Waals surface area contributed by atoms with E-state index >= 15 is 0 Å². The molecule has 0 spiro atoms. The highest BCUT2D eigenvalue weighted by Gasteiger charge is 2.17. The molecular formula is C10H19N3O3. The molecule has 0 saturated heterocycles. The molecule has 92 valence electrons. The van der Waals surface area contributed by atoms with Gasteiger partial charge < -0.3 is 5.73 Å². The summed E-state index contributed by atoms with van der Waals surface area (Å²) in [6, 6.07) is 0. The fourth-order valence-corrected chi connectivity index (χ4v) is 1.25. The maximum absolute atomic E-state index is 11.5. The molecule has 0 bridgehead atoms. The third kappa shape index (κ3) is 5.33. The molecule has 0 aliphatic heterocycles. The van der Waals surface area contributed by atoms with Crippen molar-refractivity contribution in [3.8, 4) is 0 Å². The minimum absolute atomic E-state index is 0.145. The van der Waals surface area contributed by atoms with Crippen LogP contribution in [0.1, 0.15) is 39.5 Å². The van der Waals surface area contributed by atoms with Crippen molar-refractivity contribution in [1.82, 2.24) is 10.9 Å². The molecule has 0 rings (SSSR count). The summed E-state index contributed by atoms with van der Waals surface area (Å²) in [5.74, 6) is -2.57. The number of carbonyl (C=O) groups excluding carboxylic acids is 3. The number of hydrogen-bond acceptors (Lipinski definition) is 3. The predicted molar refractivity (Wildman–Crippen MR) is 58.8 cm³/mol. The Balaban J connectivity index is 4.01.